The first kappa shape index (κ1) is 10.8. The highest BCUT2D eigenvalue weighted by Gasteiger charge is 1.98. The minimum atomic E-state index is -1.16. The number of benzene rings is 1. The lowest BCUT2D eigenvalue weighted by Crippen LogP contribution is -2.22. The first-order valence-electron chi connectivity index (χ1n) is 4.00. The molecule has 0 radical (unpaired) electrons. The maximum absolute atomic E-state index is 10.5. The summed E-state index contributed by atoms with van der Waals surface area (Å²) in [7, 11) is 0. The lowest BCUT2D eigenvalue weighted by Gasteiger charge is -2.05. The molecule has 0 amide bonds. The van der Waals surface area contributed by atoms with Crippen LogP contribution < -0.4 is 10.2 Å². The predicted molar refractivity (Wildman–Crippen MR) is 55.1 cm³/mol. The third-order valence-corrected chi connectivity index (χ3v) is 2.37. The second-order valence-corrected chi connectivity index (χ2v) is 3.45. The maximum Gasteiger partial charge on any atom is 0.0672 e. The van der Waals surface area contributed by atoms with E-state index in [1.807, 2.05) is 24.3 Å². The summed E-state index contributed by atoms with van der Waals surface area (Å²) in [5, 5.41) is 15.9. The van der Waals surface area contributed by atoms with E-state index in [1.165, 1.54) is 6.92 Å². The van der Waals surface area contributed by atoms with Gasteiger partial charge in [-0.3, -0.25) is 5.14 Å². The summed E-state index contributed by atoms with van der Waals surface area (Å²) in [5.41, 5.74) is 0.980. The number of rotatable bonds is 3. The van der Waals surface area contributed by atoms with E-state index in [-0.39, 0.29) is 5.57 Å². The average Bonchev–Trinajstić information content (AvgIpc) is 2.18. The maximum atomic E-state index is 10.5. The van der Waals surface area contributed by atoms with Crippen molar-refractivity contribution in [3.8, 4) is 0 Å². The number of nitrogens with two attached hydrogens (primary N) is 1. The van der Waals surface area contributed by atoms with E-state index in [0.29, 0.717) is 0 Å². The fraction of sp³-hybridized carbons (Fsp3) is 0.100. The van der Waals surface area contributed by atoms with Crippen LogP contribution in [0.25, 0.3) is 6.08 Å². The van der Waals surface area contributed by atoms with Gasteiger partial charge in [0.05, 0.1) is 5.97 Å². The molecule has 1 aromatic carbocycles. The zero-order valence-corrected chi connectivity index (χ0v) is 8.51. The highest BCUT2D eigenvalue weighted by atomic mass is 32.2. The topological polar surface area (TPSA) is 66.2 Å². The lowest BCUT2D eigenvalue weighted by atomic mass is 10.1. The molecule has 0 spiro atoms. The predicted octanol–water partition coefficient (Wildman–Crippen LogP) is 0.806. The smallest absolute Gasteiger partial charge is 0.0672 e. The largest absolute Gasteiger partial charge is 0.545 e. The molecule has 0 heterocycles. The van der Waals surface area contributed by atoms with Crippen LogP contribution in [0.5, 0.6) is 0 Å². The molecule has 14 heavy (non-hydrogen) atoms. The van der Waals surface area contributed by atoms with Crippen molar-refractivity contribution in [2.75, 3.05) is 0 Å². The normalized spacial score (nSPS) is 11.4. The fourth-order valence-electron chi connectivity index (χ4n) is 0.999. The van der Waals surface area contributed by atoms with Gasteiger partial charge in [0.25, 0.3) is 0 Å². The van der Waals surface area contributed by atoms with Crippen molar-refractivity contribution in [1.82, 2.24) is 0 Å². The molecular weight excluding hydrogens is 198 g/mol. The van der Waals surface area contributed by atoms with E-state index >= 15 is 0 Å². The van der Waals surface area contributed by atoms with Gasteiger partial charge < -0.3 is 9.90 Å². The molecular formula is C10H10NO2S-. The molecule has 74 valence electrons. The van der Waals surface area contributed by atoms with E-state index in [4.69, 9.17) is 5.14 Å². The monoisotopic (exact) mass is 208 g/mol. The summed E-state index contributed by atoms with van der Waals surface area (Å²) < 4.78 is 0. The number of hydrogen-bond donors (Lipinski definition) is 1. The Hall–Kier alpha value is -1.26. The van der Waals surface area contributed by atoms with Crippen molar-refractivity contribution in [2.24, 2.45) is 5.14 Å². The summed E-state index contributed by atoms with van der Waals surface area (Å²) in [6.45, 7) is 1.49. The molecule has 0 aliphatic heterocycles. The number of aliphatic carboxylic acids is 1. The minimum Gasteiger partial charge on any atom is -0.545 e. The Labute approximate surface area is 86.8 Å². The van der Waals surface area contributed by atoms with Gasteiger partial charge in [-0.2, -0.15) is 0 Å². The van der Waals surface area contributed by atoms with Crippen molar-refractivity contribution in [2.45, 2.75) is 11.8 Å². The van der Waals surface area contributed by atoms with Crippen LogP contribution in [0.2, 0.25) is 0 Å². The van der Waals surface area contributed by atoms with Crippen LogP contribution in [0.3, 0.4) is 0 Å². The van der Waals surface area contributed by atoms with Gasteiger partial charge in [0.1, 0.15) is 0 Å². The zero-order valence-electron chi connectivity index (χ0n) is 7.69. The van der Waals surface area contributed by atoms with Crippen molar-refractivity contribution in [3.63, 3.8) is 0 Å². The van der Waals surface area contributed by atoms with Crippen LogP contribution in [-0.4, -0.2) is 5.97 Å². The van der Waals surface area contributed by atoms with Crippen LogP contribution in [0.1, 0.15) is 12.5 Å². The summed E-state index contributed by atoms with van der Waals surface area (Å²) >= 11 is 1.09. The molecule has 0 saturated heterocycles. The number of carboxylic acid groups (broad SMARTS) is 1. The first-order valence-corrected chi connectivity index (χ1v) is 4.88. The minimum absolute atomic E-state index is 0.187. The van der Waals surface area contributed by atoms with Gasteiger partial charge in [-0.1, -0.05) is 18.2 Å². The second kappa shape index (κ2) is 4.83. The SMILES string of the molecule is C/C(=C\c1ccccc1SN)C(=O)[O-]. The highest BCUT2D eigenvalue weighted by Crippen LogP contribution is 2.19. The van der Waals surface area contributed by atoms with Crippen LogP contribution >= 0.6 is 11.9 Å². The molecule has 2 N–H and O–H groups in total. The van der Waals surface area contributed by atoms with Gasteiger partial charge in [-0.15, -0.1) is 0 Å². The molecule has 0 aromatic heterocycles. The van der Waals surface area contributed by atoms with Crippen LogP contribution in [0.4, 0.5) is 0 Å². The molecule has 0 fully saturated rings. The third-order valence-electron chi connectivity index (χ3n) is 1.74. The molecule has 0 atom stereocenters. The first-order chi connectivity index (χ1) is 6.65. The van der Waals surface area contributed by atoms with Gasteiger partial charge in [0.2, 0.25) is 0 Å². The van der Waals surface area contributed by atoms with Crippen LogP contribution in [-0.2, 0) is 4.79 Å². The van der Waals surface area contributed by atoms with Crippen molar-refractivity contribution < 1.29 is 9.90 Å². The van der Waals surface area contributed by atoms with Crippen molar-refractivity contribution in [1.29, 1.82) is 0 Å². The summed E-state index contributed by atoms with van der Waals surface area (Å²) in [5.74, 6) is -1.16. The van der Waals surface area contributed by atoms with E-state index in [0.717, 1.165) is 22.4 Å². The molecule has 3 nitrogen and oxygen atoms in total. The molecule has 0 aliphatic carbocycles. The molecule has 0 bridgehead atoms. The van der Waals surface area contributed by atoms with Crippen LogP contribution in [0, 0.1) is 0 Å². The Morgan fingerprint density at radius 3 is 2.71 bits per heavy atom. The molecule has 0 aliphatic rings. The van der Waals surface area contributed by atoms with E-state index in [2.05, 4.69) is 0 Å². The number of carboxylic acids is 1. The lowest BCUT2D eigenvalue weighted by molar-refractivity contribution is -0.299. The Morgan fingerprint density at radius 2 is 2.14 bits per heavy atom. The standard InChI is InChI=1S/C10H11NO2S/c1-7(10(12)13)6-8-4-2-3-5-9(8)14-11/h2-6H,11H2,1H3,(H,12,13)/p-1/b7-6+. The summed E-state index contributed by atoms with van der Waals surface area (Å²) in [4.78, 5) is 11.3. The number of carbonyl (C=O) groups excluding carboxylic acids is 1. The van der Waals surface area contributed by atoms with E-state index < -0.39 is 5.97 Å². The second-order valence-electron chi connectivity index (χ2n) is 2.77. The quantitative estimate of drug-likeness (QED) is 0.589. The molecule has 0 unspecified atom stereocenters. The van der Waals surface area contributed by atoms with Gasteiger partial charge in [-0.05, 0) is 42.2 Å². The summed E-state index contributed by atoms with van der Waals surface area (Å²) in [6, 6.07) is 7.32. The van der Waals surface area contributed by atoms with Gasteiger partial charge in [0, 0.05) is 4.90 Å². The number of carbonyl (C=O) groups is 1. The summed E-state index contributed by atoms with van der Waals surface area (Å²) in [6.07, 6.45) is 1.55. The van der Waals surface area contributed by atoms with Gasteiger partial charge in [0.15, 0.2) is 0 Å². The molecule has 1 rings (SSSR count). The van der Waals surface area contributed by atoms with E-state index in [1.54, 1.807) is 6.08 Å². The Morgan fingerprint density at radius 1 is 1.50 bits per heavy atom. The molecule has 4 heteroatoms. The van der Waals surface area contributed by atoms with Crippen LogP contribution in [0.15, 0.2) is 34.7 Å². The number of hydrogen-bond acceptors (Lipinski definition) is 4. The zero-order chi connectivity index (χ0) is 10.6. The Balaban J connectivity index is 3.07. The average molecular weight is 208 g/mol. The van der Waals surface area contributed by atoms with Gasteiger partial charge >= 0.3 is 0 Å². The van der Waals surface area contributed by atoms with Gasteiger partial charge in [-0.25, -0.2) is 0 Å². The highest BCUT2D eigenvalue weighted by molar-refractivity contribution is 7.97. The Bertz CT molecular complexity index is 374. The fourth-order valence-corrected chi connectivity index (χ4v) is 1.42. The van der Waals surface area contributed by atoms with Crippen molar-refractivity contribution in [3.05, 3.63) is 35.4 Å². The molecule has 1 aromatic rings. The van der Waals surface area contributed by atoms with E-state index in [9.17, 15) is 9.90 Å². The van der Waals surface area contributed by atoms with Crippen molar-refractivity contribution >= 4 is 24.0 Å². The third kappa shape index (κ3) is 2.61. The molecule has 0 saturated carbocycles. The Kier molecular flexibility index (Phi) is 3.73.